The number of nitrogens with zero attached hydrogens (tertiary/aromatic N) is 1. The molecule has 5 nitrogen and oxygen atoms in total. The molecule has 1 rings (SSSR count). The zero-order chi connectivity index (χ0) is 17.1. The number of amides is 1. The highest BCUT2D eigenvalue weighted by molar-refractivity contribution is 5.86. The van der Waals surface area contributed by atoms with Crippen LogP contribution in [-0.4, -0.2) is 38.8 Å². The van der Waals surface area contributed by atoms with E-state index in [2.05, 4.69) is 6.92 Å². The zero-order valence-electron chi connectivity index (χ0n) is 14.5. The predicted octanol–water partition coefficient (Wildman–Crippen LogP) is 3.20. The molecule has 23 heavy (non-hydrogen) atoms. The number of benzene rings is 1. The van der Waals surface area contributed by atoms with Crippen LogP contribution >= 0.6 is 0 Å². The van der Waals surface area contributed by atoms with Gasteiger partial charge in [0.15, 0.2) is 0 Å². The molecule has 0 radical (unpaired) electrons. The molecule has 0 saturated carbocycles. The lowest BCUT2D eigenvalue weighted by atomic mass is 10.1. The van der Waals surface area contributed by atoms with Gasteiger partial charge in [-0.05, 0) is 36.5 Å². The average Bonchev–Trinajstić information content (AvgIpc) is 2.58. The van der Waals surface area contributed by atoms with Gasteiger partial charge in [0, 0.05) is 19.7 Å². The number of carbonyl (C=O) groups is 1. The van der Waals surface area contributed by atoms with Crippen LogP contribution in [-0.2, 0) is 21.0 Å². The molecule has 1 atom stereocenters. The van der Waals surface area contributed by atoms with Crippen LogP contribution in [0.5, 0.6) is 5.75 Å². The van der Waals surface area contributed by atoms with Gasteiger partial charge in [0.1, 0.15) is 5.75 Å². The van der Waals surface area contributed by atoms with Crippen LogP contribution in [0.2, 0.25) is 0 Å². The molecule has 1 amide bonds. The summed E-state index contributed by atoms with van der Waals surface area (Å²) in [5.41, 5.74) is 1.13. The highest BCUT2D eigenvalue weighted by atomic mass is 16.7. The Morgan fingerprint density at radius 2 is 1.96 bits per heavy atom. The van der Waals surface area contributed by atoms with E-state index in [0.29, 0.717) is 19.1 Å². The largest absolute Gasteiger partial charge is 0.497 e. The third kappa shape index (κ3) is 7.81. The van der Waals surface area contributed by atoms with Gasteiger partial charge in [0.25, 0.3) is 5.91 Å². The first-order chi connectivity index (χ1) is 11.1. The summed E-state index contributed by atoms with van der Waals surface area (Å²) in [5, 5.41) is 1.19. The summed E-state index contributed by atoms with van der Waals surface area (Å²) in [5.74, 6) is 1.13. The summed E-state index contributed by atoms with van der Waals surface area (Å²) in [6.45, 7) is 3.44. The minimum Gasteiger partial charge on any atom is -0.497 e. The Hall–Kier alpha value is -1.85. The first-order valence-corrected chi connectivity index (χ1v) is 7.75. The monoisotopic (exact) mass is 321 g/mol. The Bertz CT molecular complexity index is 484. The quantitative estimate of drug-likeness (QED) is 0.490. The van der Waals surface area contributed by atoms with Crippen molar-refractivity contribution >= 4 is 5.91 Å². The number of hydrogen-bond donors (Lipinski definition) is 0. The minimum atomic E-state index is -0.157. The Morgan fingerprint density at radius 3 is 2.57 bits per heavy atom. The van der Waals surface area contributed by atoms with Crippen molar-refractivity contribution in [1.82, 2.24) is 5.06 Å². The van der Waals surface area contributed by atoms with Crippen molar-refractivity contribution in [2.75, 3.05) is 27.9 Å². The lowest BCUT2D eigenvalue weighted by Gasteiger charge is -2.12. The van der Waals surface area contributed by atoms with Crippen LogP contribution in [0.4, 0.5) is 0 Å². The van der Waals surface area contributed by atoms with Crippen LogP contribution in [0.25, 0.3) is 0 Å². The maximum Gasteiger partial charge on any atom is 0.269 e. The van der Waals surface area contributed by atoms with E-state index in [0.717, 1.165) is 24.2 Å². The van der Waals surface area contributed by atoms with Gasteiger partial charge in [-0.2, -0.15) is 0 Å². The molecular formula is C18H27NO4. The molecule has 1 aromatic rings. The summed E-state index contributed by atoms with van der Waals surface area (Å²) in [7, 11) is 4.71. The number of rotatable bonds is 10. The molecular weight excluding hydrogens is 294 g/mol. The Labute approximate surface area is 138 Å². The molecule has 1 aromatic carbocycles. The van der Waals surface area contributed by atoms with Crippen molar-refractivity contribution in [3.8, 4) is 5.75 Å². The molecule has 0 saturated heterocycles. The standard InChI is InChI=1S/C18H27NO4/c1-15(7-5-6-8-18(20)19(2)22-4)13-23-14-16-9-11-17(21-3)12-10-16/h6,8-12,15H,5,7,13-14H2,1-4H3/b8-6+/t15-/m0/s1. The average molecular weight is 321 g/mol. The van der Waals surface area contributed by atoms with E-state index >= 15 is 0 Å². The molecule has 128 valence electrons. The van der Waals surface area contributed by atoms with Crippen LogP contribution in [0.1, 0.15) is 25.3 Å². The van der Waals surface area contributed by atoms with Crippen molar-refractivity contribution in [2.24, 2.45) is 5.92 Å². The van der Waals surface area contributed by atoms with Crippen LogP contribution in [0.15, 0.2) is 36.4 Å². The molecule has 0 N–H and O–H groups in total. The SMILES string of the molecule is COc1ccc(COC[C@@H](C)CC/C=C/C(=O)N(C)OC)cc1. The van der Waals surface area contributed by atoms with Crippen molar-refractivity contribution < 1.29 is 19.1 Å². The molecule has 0 aromatic heterocycles. The fourth-order valence-corrected chi connectivity index (χ4v) is 1.94. The van der Waals surface area contributed by atoms with Gasteiger partial charge < -0.3 is 9.47 Å². The number of methoxy groups -OCH3 is 1. The number of ether oxygens (including phenoxy) is 2. The number of likely N-dealkylation sites (N-methyl/N-ethyl adjacent to an activating group) is 1. The van der Waals surface area contributed by atoms with E-state index in [-0.39, 0.29) is 5.91 Å². The third-order valence-electron chi connectivity index (χ3n) is 3.50. The molecule has 0 heterocycles. The van der Waals surface area contributed by atoms with Crippen LogP contribution in [0.3, 0.4) is 0 Å². The second-order valence-electron chi connectivity index (χ2n) is 5.47. The van der Waals surface area contributed by atoms with Gasteiger partial charge in [-0.3, -0.25) is 9.63 Å². The summed E-state index contributed by atoms with van der Waals surface area (Å²) in [6, 6.07) is 7.87. The fraction of sp³-hybridized carbons (Fsp3) is 0.500. The van der Waals surface area contributed by atoms with Crippen molar-refractivity contribution in [3.05, 3.63) is 42.0 Å². The maximum atomic E-state index is 11.5. The van der Waals surface area contributed by atoms with Crippen molar-refractivity contribution in [2.45, 2.75) is 26.4 Å². The summed E-state index contributed by atoms with van der Waals surface area (Å²) in [4.78, 5) is 16.3. The first kappa shape index (κ1) is 19.2. The van der Waals surface area contributed by atoms with E-state index in [1.807, 2.05) is 30.3 Å². The second-order valence-corrected chi connectivity index (χ2v) is 5.47. The number of carbonyl (C=O) groups excluding carboxylic acids is 1. The number of hydrogen-bond acceptors (Lipinski definition) is 4. The highest BCUT2D eigenvalue weighted by Gasteiger charge is 2.04. The summed E-state index contributed by atoms with van der Waals surface area (Å²) >= 11 is 0. The normalized spacial score (nSPS) is 12.3. The topological polar surface area (TPSA) is 48.0 Å². The lowest BCUT2D eigenvalue weighted by molar-refractivity contribution is -0.162. The van der Waals surface area contributed by atoms with Gasteiger partial charge in [-0.25, -0.2) is 5.06 Å². The van der Waals surface area contributed by atoms with E-state index in [1.165, 1.54) is 18.2 Å². The van der Waals surface area contributed by atoms with E-state index < -0.39 is 0 Å². The first-order valence-electron chi connectivity index (χ1n) is 7.75. The Kier molecular flexibility index (Phi) is 9.02. The fourth-order valence-electron chi connectivity index (χ4n) is 1.94. The molecule has 0 bridgehead atoms. The van der Waals surface area contributed by atoms with Gasteiger partial charge in [0.2, 0.25) is 0 Å². The smallest absolute Gasteiger partial charge is 0.269 e. The molecule has 0 fully saturated rings. The minimum absolute atomic E-state index is 0.157. The Morgan fingerprint density at radius 1 is 1.26 bits per heavy atom. The summed E-state index contributed by atoms with van der Waals surface area (Å²) in [6.07, 6.45) is 5.23. The predicted molar refractivity (Wildman–Crippen MR) is 90.0 cm³/mol. The maximum absolute atomic E-state index is 11.5. The molecule has 0 spiro atoms. The van der Waals surface area contributed by atoms with Gasteiger partial charge in [0.05, 0.1) is 20.8 Å². The molecule has 0 unspecified atom stereocenters. The van der Waals surface area contributed by atoms with Crippen LogP contribution in [0, 0.1) is 5.92 Å². The van der Waals surface area contributed by atoms with E-state index in [4.69, 9.17) is 14.3 Å². The zero-order valence-corrected chi connectivity index (χ0v) is 14.5. The van der Waals surface area contributed by atoms with E-state index in [9.17, 15) is 4.79 Å². The lowest BCUT2D eigenvalue weighted by Crippen LogP contribution is -2.23. The second kappa shape index (κ2) is 10.8. The van der Waals surface area contributed by atoms with E-state index in [1.54, 1.807) is 14.2 Å². The summed E-state index contributed by atoms with van der Waals surface area (Å²) < 4.78 is 10.9. The number of allylic oxidation sites excluding steroid dienone is 1. The highest BCUT2D eigenvalue weighted by Crippen LogP contribution is 2.13. The molecule has 0 aliphatic heterocycles. The molecule has 0 aliphatic rings. The molecule has 0 aliphatic carbocycles. The van der Waals surface area contributed by atoms with Crippen molar-refractivity contribution in [1.29, 1.82) is 0 Å². The third-order valence-corrected chi connectivity index (χ3v) is 3.50. The number of hydroxylamine groups is 2. The van der Waals surface area contributed by atoms with Crippen LogP contribution < -0.4 is 4.74 Å². The Balaban J connectivity index is 2.17. The molecule has 5 heteroatoms. The van der Waals surface area contributed by atoms with Crippen molar-refractivity contribution in [3.63, 3.8) is 0 Å². The van der Waals surface area contributed by atoms with Gasteiger partial charge in [-0.15, -0.1) is 0 Å². The van der Waals surface area contributed by atoms with Gasteiger partial charge in [-0.1, -0.05) is 25.1 Å². The van der Waals surface area contributed by atoms with Gasteiger partial charge >= 0.3 is 0 Å².